The van der Waals surface area contributed by atoms with E-state index in [1.54, 1.807) is 12.1 Å². The molecule has 3 rings (SSSR count). The normalized spacial score (nSPS) is 10.4. The smallest absolute Gasteiger partial charge is 0.356 e. The third-order valence-electron chi connectivity index (χ3n) is 4.16. The molecule has 0 aliphatic rings. The Bertz CT molecular complexity index is 844. The highest BCUT2D eigenvalue weighted by Crippen LogP contribution is 2.27. The average molecular weight is 344 g/mol. The summed E-state index contributed by atoms with van der Waals surface area (Å²) in [5.74, 6) is 0.0717. The van der Waals surface area contributed by atoms with Crippen molar-refractivity contribution in [3.8, 4) is 0 Å². The van der Waals surface area contributed by atoms with E-state index in [0.717, 1.165) is 11.1 Å². The van der Waals surface area contributed by atoms with Crippen molar-refractivity contribution in [2.75, 3.05) is 14.1 Å². The maximum atomic E-state index is 12.7. The molecular weight excluding hydrogens is 322 g/mol. The molecule has 0 aromatic heterocycles. The van der Waals surface area contributed by atoms with Crippen LogP contribution in [0.2, 0.25) is 0 Å². The quantitative estimate of drug-likeness (QED) is 0.305. The van der Waals surface area contributed by atoms with E-state index in [2.05, 4.69) is 24.3 Å². The predicted molar refractivity (Wildman–Crippen MR) is 104 cm³/mol. The molecule has 0 N–H and O–H groups in total. The SMILES string of the molecule is C[N+](C)=C(OC(=O)c1ccccc1)C(c1ccccc1)c1ccccc1. The first kappa shape index (κ1) is 17.6. The average Bonchev–Trinajstić information content (AvgIpc) is 2.69. The van der Waals surface area contributed by atoms with E-state index in [1.165, 1.54) is 0 Å². The van der Waals surface area contributed by atoms with Crippen molar-refractivity contribution in [2.24, 2.45) is 0 Å². The van der Waals surface area contributed by atoms with Crippen LogP contribution in [0.4, 0.5) is 0 Å². The Morgan fingerprint density at radius 2 is 1.15 bits per heavy atom. The van der Waals surface area contributed by atoms with E-state index in [9.17, 15) is 4.79 Å². The van der Waals surface area contributed by atoms with Crippen molar-refractivity contribution in [2.45, 2.75) is 5.92 Å². The van der Waals surface area contributed by atoms with Crippen LogP contribution in [0.3, 0.4) is 0 Å². The largest absolute Gasteiger partial charge is 0.370 e. The van der Waals surface area contributed by atoms with Crippen molar-refractivity contribution in [1.82, 2.24) is 0 Å². The van der Waals surface area contributed by atoms with Crippen LogP contribution in [0, 0.1) is 0 Å². The predicted octanol–water partition coefficient (Wildman–Crippen LogP) is 4.35. The first-order valence-electron chi connectivity index (χ1n) is 8.58. The number of esters is 1. The van der Waals surface area contributed by atoms with Gasteiger partial charge in [-0.3, -0.25) is 0 Å². The lowest BCUT2D eigenvalue weighted by Gasteiger charge is -2.17. The van der Waals surface area contributed by atoms with Crippen LogP contribution in [-0.4, -0.2) is 30.5 Å². The molecule has 0 radical (unpaired) electrons. The molecule has 130 valence electrons. The minimum atomic E-state index is -0.355. The monoisotopic (exact) mass is 344 g/mol. The molecule has 0 heterocycles. The first-order valence-corrected chi connectivity index (χ1v) is 8.58. The van der Waals surface area contributed by atoms with Gasteiger partial charge in [0.25, 0.3) is 0 Å². The van der Waals surface area contributed by atoms with Crippen molar-refractivity contribution in [3.63, 3.8) is 0 Å². The molecule has 3 aromatic rings. The summed E-state index contributed by atoms with van der Waals surface area (Å²) < 4.78 is 7.74. The minimum Gasteiger partial charge on any atom is -0.370 e. The Morgan fingerprint density at radius 3 is 1.58 bits per heavy atom. The molecule has 0 saturated heterocycles. The van der Waals surface area contributed by atoms with Gasteiger partial charge in [0.05, 0.1) is 5.56 Å². The van der Waals surface area contributed by atoms with Gasteiger partial charge in [-0.2, -0.15) is 0 Å². The lowest BCUT2D eigenvalue weighted by Crippen LogP contribution is -2.28. The third kappa shape index (κ3) is 4.06. The summed E-state index contributed by atoms with van der Waals surface area (Å²) in [6.45, 7) is 0. The van der Waals surface area contributed by atoms with Crippen molar-refractivity contribution >= 4 is 11.9 Å². The van der Waals surface area contributed by atoms with Crippen LogP contribution < -0.4 is 0 Å². The zero-order valence-electron chi connectivity index (χ0n) is 15.0. The van der Waals surface area contributed by atoms with Crippen LogP contribution in [-0.2, 0) is 4.74 Å². The van der Waals surface area contributed by atoms with Crippen LogP contribution >= 0.6 is 0 Å². The maximum absolute atomic E-state index is 12.7. The molecule has 3 nitrogen and oxygen atoms in total. The van der Waals surface area contributed by atoms with Gasteiger partial charge in [0.2, 0.25) is 0 Å². The number of rotatable bonds is 4. The fraction of sp³-hybridized carbons (Fsp3) is 0.130. The second-order valence-corrected chi connectivity index (χ2v) is 6.24. The fourth-order valence-corrected chi connectivity index (χ4v) is 2.91. The Kier molecular flexibility index (Phi) is 5.59. The topological polar surface area (TPSA) is 29.3 Å². The van der Waals surface area contributed by atoms with Gasteiger partial charge in [-0.05, 0) is 23.3 Å². The Hall–Kier alpha value is -3.20. The molecule has 0 fully saturated rings. The maximum Gasteiger partial charge on any atom is 0.356 e. The summed E-state index contributed by atoms with van der Waals surface area (Å²) in [6, 6.07) is 29.2. The summed E-state index contributed by atoms with van der Waals surface area (Å²) in [6.07, 6.45) is 0. The molecule has 0 spiro atoms. The van der Waals surface area contributed by atoms with Crippen LogP contribution in [0.5, 0.6) is 0 Å². The molecule has 0 unspecified atom stereocenters. The Morgan fingerprint density at radius 1 is 0.731 bits per heavy atom. The van der Waals surface area contributed by atoms with Gasteiger partial charge < -0.3 is 4.74 Å². The van der Waals surface area contributed by atoms with Crippen molar-refractivity contribution in [3.05, 3.63) is 108 Å². The Labute approximate surface area is 154 Å². The highest BCUT2D eigenvalue weighted by molar-refractivity contribution is 5.99. The Balaban J connectivity index is 2.02. The fourth-order valence-electron chi connectivity index (χ4n) is 2.91. The molecule has 0 bridgehead atoms. The van der Waals surface area contributed by atoms with E-state index in [0.29, 0.717) is 11.5 Å². The number of carbonyl (C=O) groups excluding carboxylic acids is 1. The second kappa shape index (κ2) is 8.26. The lowest BCUT2D eigenvalue weighted by molar-refractivity contribution is -0.474. The van der Waals surface area contributed by atoms with E-state index in [1.807, 2.05) is 73.3 Å². The molecule has 3 aromatic carbocycles. The van der Waals surface area contributed by atoms with Gasteiger partial charge in [-0.1, -0.05) is 78.9 Å². The standard InChI is InChI=1S/C23H22NO2/c1-24(2)22(26-23(25)20-16-10-5-11-17-20)21(18-12-6-3-7-13-18)19-14-8-4-9-15-19/h3-17,21H,1-2H3/q+1. The molecule has 0 saturated carbocycles. The van der Waals surface area contributed by atoms with E-state index >= 15 is 0 Å². The number of hydrogen-bond donors (Lipinski definition) is 0. The van der Waals surface area contributed by atoms with E-state index in [4.69, 9.17) is 4.74 Å². The van der Waals surface area contributed by atoms with Crippen LogP contribution in [0.25, 0.3) is 0 Å². The van der Waals surface area contributed by atoms with Crippen molar-refractivity contribution < 1.29 is 14.1 Å². The van der Waals surface area contributed by atoms with Crippen molar-refractivity contribution in [1.29, 1.82) is 0 Å². The van der Waals surface area contributed by atoms with Crippen LogP contribution in [0.15, 0.2) is 91.0 Å². The zero-order valence-corrected chi connectivity index (χ0v) is 15.0. The second-order valence-electron chi connectivity index (χ2n) is 6.24. The third-order valence-corrected chi connectivity index (χ3v) is 4.16. The lowest BCUT2D eigenvalue weighted by atomic mass is 9.91. The zero-order chi connectivity index (χ0) is 18.4. The van der Waals surface area contributed by atoms with Gasteiger partial charge in [0, 0.05) is 0 Å². The van der Waals surface area contributed by atoms with Crippen LogP contribution in [0.1, 0.15) is 27.4 Å². The highest BCUT2D eigenvalue weighted by atomic mass is 16.5. The molecule has 0 aliphatic heterocycles. The van der Waals surface area contributed by atoms with Gasteiger partial charge in [-0.25, -0.2) is 9.37 Å². The molecule has 26 heavy (non-hydrogen) atoms. The van der Waals surface area contributed by atoms with Gasteiger partial charge in [0.15, 0.2) is 0 Å². The number of ether oxygens (including phenoxy) is 1. The highest BCUT2D eigenvalue weighted by Gasteiger charge is 2.31. The van der Waals surface area contributed by atoms with Gasteiger partial charge >= 0.3 is 11.9 Å². The summed E-state index contributed by atoms with van der Waals surface area (Å²) in [5.41, 5.74) is 2.68. The number of benzene rings is 3. The summed E-state index contributed by atoms with van der Waals surface area (Å²) >= 11 is 0. The first-order chi connectivity index (χ1) is 12.7. The van der Waals surface area contributed by atoms with Gasteiger partial charge in [0.1, 0.15) is 20.0 Å². The minimum absolute atomic E-state index is 0.167. The number of hydrogen-bond acceptors (Lipinski definition) is 2. The van der Waals surface area contributed by atoms with E-state index < -0.39 is 0 Å². The van der Waals surface area contributed by atoms with E-state index in [-0.39, 0.29) is 11.9 Å². The molecule has 0 amide bonds. The van der Waals surface area contributed by atoms with Gasteiger partial charge in [-0.15, -0.1) is 0 Å². The molecule has 3 heteroatoms. The summed E-state index contributed by atoms with van der Waals surface area (Å²) in [7, 11) is 3.79. The summed E-state index contributed by atoms with van der Waals surface area (Å²) in [4.78, 5) is 12.7. The number of carbonyl (C=O) groups is 1. The molecular formula is C23H22NO2+. The summed E-state index contributed by atoms with van der Waals surface area (Å²) in [5, 5.41) is 0. The molecule has 0 atom stereocenters. The number of nitrogens with zero attached hydrogens (tertiary/aromatic N) is 1. The molecule has 0 aliphatic carbocycles.